The predicted octanol–water partition coefficient (Wildman–Crippen LogP) is -0.536. The number of halogens is 2. The maximum atomic E-state index is 11.6. The minimum Gasteiger partial charge on any atom is -0.322 e. The lowest BCUT2D eigenvalue weighted by atomic mass is 10.1. The summed E-state index contributed by atoms with van der Waals surface area (Å²) in [6.07, 6.45) is 0.833. The Hall–Kier alpha value is -0.330. The molecule has 0 radical (unpaired) electrons. The van der Waals surface area contributed by atoms with E-state index in [9.17, 15) is 8.42 Å². The van der Waals surface area contributed by atoms with Gasteiger partial charge in [0.05, 0.1) is 15.8 Å². The summed E-state index contributed by atoms with van der Waals surface area (Å²) < 4.78 is 23.2. The minimum absolute atomic E-state index is 0.316. The van der Waals surface area contributed by atoms with E-state index in [2.05, 4.69) is 0 Å². The second kappa shape index (κ2) is 6.65. The zero-order valence-corrected chi connectivity index (χ0v) is 14.8. The van der Waals surface area contributed by atoms with E-state index in [1.807, 2.05) is 18.2 Å². The van der Waals surface area contributed by atoms with E-state index < -0.39 is 9.84 Å². The van der Waals surface area contributed by atoms with Crippen molar-refractivity contribution in [2.75, 3.05) is 37.7 Å². The first-order valence-corrected chi connectivity index (χ1v) is 10.3. The topological polar surface area (TPSA) is 43.0 Å². The molecular weight excluding hydrogens is 343 g/mol. The van der Waals surface area contributed by atoms with Crippen LogP contribution in [0.5, 0.6) is 0 Å². The molecule has 7 heteroatoms. The number of rotatable bonds is 3. The van der Waals surface area contributed by atoms with Gasteiger partial charge in [-0.2, -0.15) is 0 Å². The van der Waals surface area contributed by atoms with Gasteiger partial charge >= 0.3 is 0 Å². The largest absolute Gasteiger partial charge is 0.322 e. The van der Waals surface area contributed by atoms with Crippen LogP contribution in [0.25, 0.3) is 0 Å². The Morgan fingerprint density at radius 2 is 1.82 bits per heavy atom. The third kappa shape index (κ3) is 3.95. The fourth-order valence-corrected chi connectivity index (χ4v) is 5.71. The van der Waals surface area contributed by atoms with E-state index in [1.54, 1.807) is 0 Å². The summed E-state index contributed by atoms with van der Waals surface area (Å²) in [5.41, 5.74) is 1.20. The molecule has 1 aromatic rings. The van der Waals surface area contributed by atoms with Crippen LogP contribution < -0.4 is 9.80 Å². The Bertz CT molecular complexity index is 643. The highest BCUT2D eigenvalue weighted by atomic mass is 35.5. The molecule has 0 aliphatic carbocycles. The van der Waals surface area contributed by atoms with Crippen molar-refractivity contribution in [3.8, 4) is 0 Å². The predicted molar refractivity (Wildman–Crippen MR) is 88.6 cm³/mol. The first kappa shape index (κ1) is 16.5. The van der Waals surface area contributed by atoms with Gasteiger partial charge in [0.2, 0.25) is 0 Å². The Labute approximate surface area is 141 Å². The maximum absolute atomic E-state index is 11.6. The highest BCUT2D eigenvalue weighted by Gasteiger charge is 2.37. The molecule has 0 unspecified atom stereocenters. The molecule has 0 spiro atoms. The van der Waals surface area contributed by atoms with Crippen molar-refractivity contribution in [3.63, 3.8) is 0 Å². The highest BCUT2D eigenvalue weighted by molar-refractivity contribution is 7.91. The van der Waals surface area contributed by atoms with Crippen molar-refractivity contribution in [2.45, 2.75) is 19.0 Å². The van der Waals surface area contributed by atoms with Crippen molar-refractivity contribution < 1.29 is 18.2 Å². The van der Waals surface area contributed by atoms with Gasteiger partial charge in [-0.25, -0.2) is 8.42 Å². The van der Waals surface area contributed by atoms with Crippen LogP contribution in [0.15, 0.2) is 18.2 Å². The van der Waals surface area contributed by atoms with Gasteiger partial charge in [-0.1, -0.05) is 29.3 Å². The quantitative estimate of drug-likeness (QED) is 0.756. The van der Waals surface area contributed by atoms with Gasteiger partial charge in [0.1, 0.15) is 44.5 Å². The summed E-state index contributed by atoms with van der Waals surface area (Å²) in [5, 5.41) is 1.20. The number of piperazine rings is 1. The first-order chi connectivity index (χ1) is 10.4. The number of quaternary nitrogens is 2. The summed E-state index contributed by atoms with van der Waals surface area (Å²) in [6, 6.07) is 6.14. The Morgan fingerprint density at radius 3 is 2.41 bits per heavy atom. The summed E-state index contributed by atoms with van der Waals surface area (Å²) in [4.78, 5) is 3.00. The van der Waals surface area contributed by atoms with Crippen LogP contribution in [-0.2, 0) is 16.4 Å². The maximum Gasteiger partial charge on any atom is 0.156 e. The van der Waals surface area contributed by atoms with Crippen LogP contribution in [0, 0.1) is 0 Å². The van der Waals surface area contributed by atoms with E-state index in [1.165, 1.54) is 15.4 Å². The van der Waals surface area contributed by atoms with E-state index >= 15 is 0 Å². The fourth-order valence-electron chi connectivity index (χ4n) is 3.56. The molecule has 3 rings (SSSR count). The third-order valence-corrected chi connectivity index (χ3v) is 7.35. The van der Waals surface area contributed by atoms with Crippen LogP contribution in [0.4, 0.5) is 0 Å². The average molecular weight is 365 g/mol. The normalized spacial score (nSPS) is 31.3. The van der Waals surface area contributed by atoms with Crippen molar-refractivity contribution in [1.29, 1.82) is 0 Å². The molecule has 0 bridgehead atoms. The van der Waals surface area contributed by atoms with Gasteiger partial charge < -0.3 is 9.80 Å². The van der Waals surface area contributed by atoms with Crippen molar-refractivity contribution >= 4 is 33.0 Å². The van der Waals surface area contributed by atoms with Crippen LogP contribution in [0.2, 0.25) is 10.0 Å². The molecule has 122 valence electrons. The molecule has 2 aliphatic rings. The standard InChI is InChI=1S/C15H20Cl2N2O2S/c16-14-2-1-12(9-15(14)17)10-18-4-6-19(7-5-18)13-3-8-22(20,21)11-13/h1-2,9,13H,3-8,10-11H2/p+2/t13-/m0/s1. The van der Waals surface area contributed by atoms with Gasteiger partial charge in [-0.05, 0) is 12.1 Å². The second-order valence-corrected chi connectivity index (χ2v) is 9.48. The smallest absolute Gasteiger partial charge is 0.156 e. The molecule has 0 amide bonds. The number of benzene rings is 1. The molecule has 0 saturated carbocycles. The number of hydrogen-bond acceptors (Lipinski definition) is 2. The fraction of sp³-hybridized carbons (Fsp3) is 0.600. The van der Waals surface area contributed by atoms with Crippen molar-refractivity contribution in [2.24, 2.45) is 0 Å². The molecule has 4 nitrogen and oxygen atoms in total. The SMILES string of the molecule is O=S1(=O)CC[C@H]([NH+]2CC[NH+](Cc3ccc(Cl)c(Cl)c3)CC2)C1. The molecule has 0 aromatic heterocycles. The summed E-state index contributed by atoms with van der Waals surface area (Å²) in [5.74, 6) is 0.755. The molecule has 2 heterocycles. The zero-order valence-electron chi connectivity index (χ0n) is 12.4. The van der Waals surface area contributed by atoms with E-state index in [0.717, 1.165) is 39.1 Å². The minimum atomic E-state index is -2.77. The number of nitrogens with one attached hydrogen (secondary N) is 2. The van der Waals surface area contributed by atoms with Gasteiger partial charge in [0, 0.05) is 12.0 Å². The molecule has 22 heavy (non-hydrogen) atoms. The summed E-state index contributed by atoms with van der Waals surface area (Å²) >= 11 is 12.0. The van der Waals surface area contributed by atoms with Crippen LogP contribution >= 0.6 is 23.2 Å². The molecule has 1 aromatic carbocycles. The second-order valence-electron chi connectivity index (χ2n) is 6.43. The Balaban J connectivity index is 1.52. The zero-order chi connectivity index (χ0) is 15.7. The molecule has 2 aliphatic heterocycles. The van der Waals surface area contributed by atoms with Crippen LogP contribution in [0.1, 0.15) is 12.0 Å². The molecule has 2 fully saturated rings. The summed E-state index contributed by atoms with van der Waals surface area (Å²) in [7, 11) is -2.77. The van der Waals surface area contributed by atoms with Crippen molar-refractivity contribution in [1.82, 2.24) is 0 Å². The number of sulfone groups is 1. The third-order valence-electron chi connectivity index (χ3n) is 4.85. The lowest BCUT2D eigenvalue weighted by Gasteiger charge is -2.32. The summed E-state index contributed by atoms with van der Waals surface area (Å²) in [6.45, 7) is 5.21. The first-order valence-electron chi connectivity index (χ1n) is 7.75. The Morgan fingerprint density at radius 1 is 1.09 bits per heavy atom. The molecule has 2 N–H and O–H groups in total. The van der Waals surface area contributed by atoms with E-state index in [4.69, 9.17) is 23.2 Å². The van der Waals surface area contributed by atoms with Crippen LogP contribution in [-0.4, -0.2) is 52.1 Å². The number of hydrogen-bond donors (Lipinski definition) is 2. The highest BCUT2D eigenvalue weighted by Crippen LogP contribution is 2.22. The van der Waals surface area contributed by atoms with Crippen LogP contribution in [0.3, 0.4) is 0 Å². The molecular formula is C15H22Cl2N2O2S+2. The van der Waals surface area contributed by atoms with Gasteiger partial charge in [0.25, 0.3) is 0 Å². The molecule has 2 saturated heterocycles. The lowest BCUT2D eigenvalue weighted by molar-refractivity contribution is -1.03. The van der Waals surface area contributed by atoms with E-state index in [0.29, 0.717) is 27.6 Å². The average Bonchev–Trinajstić information content (AvgIpc) is 2.84. The van der Waals surface area contributed by atoms with Gasteiger partial charge in [-0.3, -0.25) is 0 Å². The van der Waals surface area contributed by atoms with E-state index in [-0.39, 0.29) is 0 Å². The Kier molecular flexibility index (Phi) is 5.00. The van der Waals surface area contributed by atoms with Crippen molar-refractivity contribution in [3.05, 3.63) is 33.8 Å². The molecule has 1 atom stereocenters. The monoisotopic (exact) mass is 364 g/mol. The van der Waals surface area contributed by atoms with Gasteiger partial charge in [0.15, 0.2) is 9.84 Å². The lowest BCUT2D eigenvalue weighted by Crippen LogP contribution is -3.29. The van der Waals surface area contributed by atoms with Gasteiger partial charge in [-0.15, -0.1) is 0 Å².